The lowest BCUT2D eigenvalue weighted by Crippen LogP contribution is -2.86. The van der Waals surface area contributed by atoms with E-state index in [1.54, 1.807) is 30.4 Å². The third-order valence-corrected chi connectivity index (χ3v) is 4.06. The minimum atomic E-state index is -0.914. The number of esters is 1. The van der Waals surface area contributed by atoms with Crippen LogP contribution in [0.1, 0.15) is 34.5 Å². The van der Waals surface area contributed by atoms with E-state index in [1.165, 1.54) is 13.2 Å². The van der Waals surface area contributed by atoms with E-state index in [0.29, 0.717) is 16.8 Å². The molecule has 2 aromatic carbocycles. The molecule has 1 atom stereocenters. The number of nitrogens with one attached hydrogen (secondary N) is 1. The molecule has 0 spiro atoms. The van der Waals surface area contributed by atoms with Gasteiger partial charge in [-0.05, 0) is 49.7 Å². The fraction of sp³-hybridized carbons (Fsp3) is 0.263. The smallest absolute Gasteiger partial charge is 0.337 e. The molecule has 138 valence electrons. The Hall–Kier alpha value is -2.80. The quantitative estimate of drug-likeness (QED) is 0.774. The van der Waals surface area contributed by atoms with Gasteiger partial charge in [-0.25, -0.2) is 13.6 Å². The van der Waals surface area contributed by atoms with Gasteiger partial charge in [0.15, 0.2) is 18.2 Å². The maximum atomic E-state index is 13.3. The second kappa shape index (κ2) is 8.53. The van der Waals surface area contributed by atoms with Crippen LogP contribution in [0, 0.1) is 18.6 Å². The first-order valence-electron chi connectivity index (χ1n) is 8.09. The zero-order valence-corrected chi connectivity index (χ0v) is 14.8. The number of aryl methyl sites for hydroxylation is 1. The summed E-state index contributed by atoms with van der Waals surface area (Å²) >= 11 is 0. The van der Waals surface area contributed by atoms with Crippen LogP contribution in [-0.2, 0) is 9.53 Å². The highest BCUT2D eigenvalue weighted by molar-refractivity contribution is 5.95. The monoisotopic (exact) mass is 363 g/mol. The third-order valence-electron chi connectivity index (χ3n) is 4.06. The largest absolute Gasteiger partial charge is 0.465 e. The minimum absolute atomic E-state index is 0.0854. The topological polar surface area (TPSA) is 72.0 Å². The van der Waals surface area contributed by atoms with Gasteiger partial charge < -0.3 is 15.4 Å². The summed E-state index contributed by atoms with van der Waals surface area (Å²) in [6.45, 7) is 3.69. The number of nitrogens with two attached hydrogens (primary N) is 1. The van der Waals surface area contributed by atoms with Gasteiger partial charge in [-0.1, -0.05) is 6.07 Å². The summed E-state index contributed by atoms with van der Waals surface area (Å²) in [6.07, 6.45) is 0. The molecule has 26 heavy (non-hydrogen) atoms. The number of methoxy groups -OCH3 is 1. The van der Waals surface area contributed by atoms with E-state index < -0.39 is 17.6 Å². The van der Waals surface area contributed by atoms with Gasteiger partial charge in [-0.2, -0.15) is 0 Å². The van der Waals surface area contributed by atoms with Gasteiger partial charge in [0.2, 0.25) is 0 Å². The van der Waals surface area contributed by atoms with Crippen LogP contribution in [0.15, 0.2) is 36.4 Å². The molecule has 2 aromatic rings. The molecule has 0 fully saturated rings. The molecule has 1 amide bonds. The first-order valence-corrected chi connectivity index (χ1v) is 8.09. The highest BCUT2D eigenvalue weighted by Gasteiger charge is 2.15. The second-order valence-corrected chi connectivity index (χ2v) is 5.97. The number of hydrogen-bond donors (Lipinski definition) is 2. The molecule has 0 bridgehead atoms. The zero-order chi connectivity index (χ0) is 19.3. The number of rotatable bonds is 6. The molecule has 0 saturated heterocycles. The third kappa shape index (κ3) is 4.86. The van der Waals surface area contributed by atoms with Crippen molar-refractivity contribution in [1.29, 1.82) is 0 Å². The number of carbonyl (C=O) groups is 2. The Bertz CT molecular complexity index is 824. The van der Waals surface area contributed by atoms with E-state index in [0.717, 1.165) is 17.7 Å². The van der Waals surface area contributed by atoms with E-state index >= 15 is 0 Å². The van der Waals surface area contributed by atoms with Crippen LogP contribution in [0.4, 0.5) is 14.5 Å². The van der Waals surface area contributed by atoms with Crippen LogP contribution in [-0.4, -0.2) is 25.5 Å². The Balaban J connectivity index is 1.98. The van der Waals surface area contributed by atoms with Crippen LogP contribution >= 0.6 is 0 Å². The van der Waals surface area contributed by atoms with Crippen LogP contribution < -0.4 is 10.6 Å². The van der Waals surface area contributed by atoms with E-state index in [4.69, 9.17) is 0 Å². The summed E-state index contributed by atoms with van der Waals surface area (Å²) in [5.74, 6) is -2.58. The predicted molar refractivity (Wildman–Crippen MR) is 92.7 cm³/mol. The molecule has 0 unspecified atom stereocenters. The van der Waals surface area contributed by atoms with Crippen molar-refractivity contribution < 1.29 is 28.4 Å². The molecule has 3 N–H and O–H groups in total. The van der Waals surface area contributed by atoms with Crippen molar-refractivity contribution in [2.75, 3.05) is 19.0 Å². The molecule has 0 aliphatic heterocycles. The number of benzene rings is 2. The lowest BCUT2D eigenvalue weighted by molar-refractivity contribution is -0.682. The Morgan fingerprint density at radius 1 is 1.15 bits per heavy atom. The Morgan fingerprint density at radius 2 is 1.88 bits per heavy atom. The van der Waals surface area contributed by atoms with Crippen molar-refractivity contribution in [2.45, 2.75) is 19.9 Å². The number of halogens is 2. The van der Waals surface area contributed by atoms with Crippen molar-refractivity contribution >= 4 is 17.6 Å². The van der Waals surface area contributed by atoms with Crippen LogP contribution in [0.5, 0.6) is 0 Å². The number of hydrogen-bond acceptors (Lipinski definition) is 3. The molecule has 0 saturated carbocycles. The Labute approximate surface area is 150 Å². The highest BCUT2D eigenvalue weighted by Crippen LogP contribution is 2.17. The highest BCUT2D eigenvalue weighted by atomic mass is 19.2. The van der Waals surface area contributed by atoms with Gasteiger partial charge in [-0.3, -0.25) is 4.79 Å². The predicted octanol–water partition coefficient (Wildman–Crippen LogP) is 2.32. The lowest BCUT2D eigenvalue weighted by Gasteiger charge is -2.13. The summed E-state index contributed by atoms with van der Waals surface area (Å²) in [6, 6.07) is 8.34. The van der Waals surface area contributed by atoms with Gasteiger partial charge >= 0.3 is 5.97 Å². The molecule has 0 radical (unpaired) electrons. The van der Waals surface area contributed by atoms with Crippen molar-refractivity contribution in [3.05, 3.63) is 64.7 Å². The fourth-order valence-corrected chi connectivity index (χ4v) is 2.42. The summed E-state index contributed by atoms with van der Waals surface area (Å²) in [5, 5.41) is 4.45. The first kappa shape index (κ1) is 19.5. The Kier molecular flexibility index (Phi) is 6.41. The maximum absolute atomic E-state index is 13.3. The Morgan fingerprint density at radius 3 is 2.54 bits per heavy atom. The first-order chi connectivity index (χ1) is 12.3. The molecular weight excluding hydrogens is 342 g/mol. The lowest BCUT2D eigenvalue weighted by atomic mass is 10.1. The summed E-state index contributed by atoms with van der Waals surface area (Å²) < 4.78 is 31.0. The standard InChI is InChI=1S/C19H20F2N2O3/c1-11-4-5-14(19(25)26-3)9-17(11)23-18(24)10-22-12(2)13-6-7-15(20)16(21)8-13/h4-9,12,22H,10H2,1-3H3,(H,23,24)/p+1/t12-/m1/s1. The van der Waals surface area contributed by atoms with Crippen LogP contribution in [0.3, 0.4) is 0 Å². The number of anilines is 1. The van der Waals surface area contributed by atoms with Crippen molar-refractivity contribution in [2.24, 2.45) is 0 Å². The molecule has 7 heteroatoms. The number of carbonyl (C=O) groups excluding carboxylic acids is 2. The normalized spacial score (nSPS) is 11.7. The maximum Gasteiger partial charge on any atom is 0.337 e. The van der Waals surface area contributed by atoms with Crippen LogP contribution in [0.2, 0.25) is 0 Å². The molecule has 0 aromatic heterocycles. The van der Waals surface area contributed by atoms with E-state index in [1.807, 2.05) is 6.92 Å². The van der Waals surface area contributed by atoms with E-state index in [2.05, 4.69) is 10.1 Å². The molecule has 0 aliphatic rings. The zero-order valence-electron chi connectivity index (χ0n) is 14.8. The number of quaternary nitrogens is 1. The van der Waals surface area contributed by atoms with Crippen molar-refractivity contribution in [1.82, 2.24) is 0 Å². The van der Waals surface area contributed by atoms with Gasteiger partial charge in [0.05, 0.1) is 12.7 Å². The van der Waals surface area contributed by atoms with Crippen LogP contribution in [0.25, 0.3) is 0 Å². The summed E-state index contributed by atoms with van der Waals surface area (Å²) in [7, 11) is 1.29. The van der Waals surface area contributed by atoms with Crippen molar-refractivity contribution in [3.8, 4) is 0 Å². The molecule has 2 rings (SSSR count). The summed E-state index contributed by atoms with van der Waals surface area (Å²) in [5.41, 5.74) is 2.25. The van der Waals surface area contributed by atoms with E-state index in [9.17, 15) is 18.4 Å². The van der Waals surface area contributed by atoms with Gasteiger partial charge in [-0.15, -0.1) is 0 Å². The molecule has 0 heterocycles. The number of ether oxygens (including phenoxy) is 1. The fourth-order valence-electron chi connectivity index (χ4n) is 2.42. The SMILES string of the molecule is COC(=O)c1ccc(C)c(NC(=O)C[NH2+][C@H](C)c2ccc(F)c(F)c2)c1. The average molecular weight is 363 g/mol. The molecule has 0 aliphatic carbocycles. The second-order valence-electron chi connectivity index (χ2n) is 5.97. The minimum Gasteiger partial charge on any atom is -0.465 e. The van der Waals surface area contributed by atoms with Gasteiger partial charge in [0, 0.05) is 11.3 Å². The number of amides is 1. The van der Waals surface area contributed by atoms with Crippen molar-refractivity contribution in [3.63, 3.8) is 0 Å². The summed E-state index contributed by atoms with van der Waals surface area (Å²) in [4.78, 5) is 23.8. The average Bonchev–Trinajstić information content (AvgIpc) is 2.63. The van der Waals surface area contributed by atoms with E-state index in [-0.39, 0.29) is 18.5 Å². The van der Waals surface area contributed by atoms with Gasteiger partial charge in [0.1, 0.15) is 6.04 Å². The molecule has 5 nitrogen and oxygen atoms in total. The van der Waals surface area contributed by atoms with Gasteiger partial charge in [0.25, 0.3) is 5.91 Å². The molecular formula is C19H21F2N2O3+.